The fourth-order valence-corrected chi connectivity index (χ4v) is 3.09. The molecule has 0 spiro atoms. The molecule has 0 N–H and O–H groups in total. The second kappa shape index (κ2) is 16.6. The van der Waals surface area contributed by atoms with Crippen molar-refractivity contribution in [3.05, 3.63) is 35.9 Å². The maximum absolute atomic E-state index is 5.79. The molecule has 0 unspecified atom stereocenters. The van der Waals surface area contributed by atoms with Gasteiger partial charge in [0.05, 0.1) is 6.61 Å². The van der Waals surface area contributed by atoms with Crippen LogP contribution in [0.2, 0.25) is 0 Å². The Morgan fingerprint density at radius 1 is 0.720 bits per heavy atom. The van der Waals surface area contributed by atoms with Crippen molar-refractivity contribution in [3.8, 4) is 0 Å². The number of nitrogens with zero attached hydrogens (tertiary/aromatic N) is 1. The number of rotatable bonds is 17. The summed E-state index contributed by atoms with van der Waals surface area (Å²) < 4.78 is 5.79. The maximum Gasteiger partial charge on any atom is 0.0593 e. The summed E-state index contributed by atoms with van der Waals surface area (Å²) in [4.78, 5) is 2.37. The Kier molecular flexibility index (Phi) is 14.7. The van der Waals surface area contributed by atoms with Gasteiger partial charge in [-0.05, 0) is 25.5 Å². The molecular formula is C23H41NO. The summed E-state index contributed by atoms with van der Waals surface area (Å²) in [6, 6.07) is 10.7. The van der Waals surface area contributed by atoms with Gasteiger partial charge in [0, 0.05) is 19.7 Å². The van der Waals surface area contributed by atoms with E-state index in [1.54, 1.807) is 0 Å². The van der Waals surface area contributed by atoms with Gasteiger partial charge in [0.1, 0.15) is 0 Å². The normalized spacial score (nSPS) is 11.3. The van der Waals surface area contributed by atoms with E-state index in [-0.39, 0.29) is 0 Å². The largest absolute Gasteiger partial charge is 0.380 e. The third-order valence-electron chi connectivity index (χ3n) is 4.88. The van der Waals surface area contributed by atoms with Crippen molar-refractivity contribution in [3.63, 3.8) is 0 Å². The van der Waals surface area contributed by atoms with Crippen molar-refractivity contribution in [2.75, 3.05) is 33.4 Å². The molecule has 1 rings (SSSR count). The highest BCUT2D eigenvalue weighted by Gasteiger charge is 1.99. The molecule has 0 aliphatic carbocycles. The van der Waals surface area contributed by atoms with Crippen LogP contribution in [0.25, 0.3) is 0 Å². The first-order valence-corrected chi connectivity index (χ1v) is 10.6. The molecule has 0 aromatic heterocycles. The van der Waals surface area contributed by atoms with Gasteiger partial charge >= 0.3 is 0 Å². The SMILES string of the molecule is CCCCCCCCCCCCOCCN(C)CCc1ccccc1. The van der Waals surface area contributed by atoms with E-state index in [0.29, 0.717) is 0 Å². The molecule has 1 aromatic carbocycles. The first kappa shape index (κ1) is 22.2. The van der Waals surface area contributed by atoms with Crippen LogP contribution in [0, 0.1) is 0 Å². The van der Waals surface area contributed by atoms with Gasteiger partial charge in [-0.1, -0.05) is 95.0 Å². The first-order chi connectivity index (χ1) is 12.3. The fourth-order valence-electron chi connectivity index (χ4n) is 3.09. The predicted molar refractivity (Wildman–Crippen MR) is 110 cm³/mol. The molecule has 0 atom stereocenters. The molecule has 0 heterocycles. The molecule has 2 nitrogen and oxygen atoms in total. The smallest absolute Gasteiger partial charge is 0.0593 e. The van der Waals surface area contributed by atoms with E-state index in [1.807, 2.05) is 0 Å². The van der Waals surface area contributed by atoms with Crippen LogP contribution in [0.1, 0.15) is 76.7 Å². The van der Waals surface area contributed by atoms with E-state index in [9.17, 15) is 0 Å². The van der Waals surface area contributed by atoms with Crippen LogP contribution >= 0.6 is 0 Å². The topological polar surface area (TPSA) is 12.5 Å². The summed E-state index contributed by atoms with van der Waals surface area (Å²) in [5.41, 5.74) is 1.42. The third kappa shape index (κ3) is 14.0. The van der Waals surface area contributed by atoms with Gasteiger partial charge in [-0.3, -0.25) is 0 Å². The lowest BCUT2D eigenvalue weighted by Gasteiger charge is -2.16. The van der Waals surface area contributed by atoms with Gasteiger partial charge in [0.15, 0.2) is 0 Å². The molecule has 0 amide bonds. The highest BCUT2D eigenvalue weighted by atomic mass is 16.5. The summed E-state index contributed by atoms with van der Waals surface area (Å²) in [7, 11) is 2.19. The van der Waals surface area contributed by atoms with Gasteiger partial charge in [0.2, 0.25) is 0 Å². The van der Waals surface area contributed by atoms with Crippen LogP contribution in [0.3, 0.4) is 0 Å². The average Bonchev–Trinajstić information content (AvgIpc) is 2.64. The molecule has 144 valence electrons. The highest BCUT2D eigenvalue weighted by molar-refractivity contribution is 5.14. The monoisotopic (exact) mass is 347 g/mol. The first-order valence-electron chi connectivity index (χ1n) is 10.6. The van der Waals surface area contributed by atoms with Crippen molar-refractivity contribution < 1.29 is 4.74 Å². The molecular weight excluding hydrogens is 306 g/mol. The lowest BCUT2D eigenvalue weighted by molar-refractivity contribution is 0.108. The predicted octanol–water partition coefficient (Wildman–Crippen LogP) is 6.10. The fraction of sp³-hybridized carbons (Fsp3) is 0.739. The quantitative estimate of drug-likeness (QED) is 0.316. The Bertz CT molecular complexity index is 379. The number of benzene rings is 1. The van der Waals surface area contributed by atoms with E-state index in [0.717, 1.165) is 32.7 Å². The van der Waals surface area contributed by atoms with E-state index >= 15 is 0 Å². The van der Waals surface area contributed by atoms with Crippen LogP contribution < -0.4 is 0 Å². The maximum atomic E-state index is 5.79. The van der Waals surface area contributed by atoms with Crippen LogP contribution in [0.5, 0.6) is 0 Å². The number of hydrogen-bond donors (Lipinski definition) is 0. The minimum absolute atomic E-state index is 0.864. The Labute approximate surface area is 157 Å². The van der Waals surface area contributed by atoms with Crippen molar-refractivity contribution in [1.82, 2.24) is 4.90 Å². The molecule has 0 aliphatic rings. The van der Waals surface area contributed by atoms with Gasteiger partial charge in [-0.25, -0.2) is 0 Å². The molecule has 0 bridgehead atoms. The zero-order valence-electron chi connectivity index (χ0n) is 16.8. The second-order valence-corrected chi connectivity index (χ2v) is 7.33. The van der Waals surface area contributed by atoms with Gasteiger partial charge < -0.3 is 9.64 Å². The lowest BCUT2D eigenvalue weighted by Crippen LogP contribution is -2.25. The molecule has 0 aliphatic heterocycles. The second-order valence-electron chi connectivity index (χ2n) is 7.33. The van der Waals surface area contributed by atoms with Gasteiger partial charge in [0.25, 0.3) is 0 Å². The summed E-state index contributed by atoms with van der Waals surface area (Å²) >= 11 is 0. The lowest BCUT2D eigenvalue weighted by atomic mass is 10.1. The Morgan fingerprint density at radius 2 is 1.32 bits per heavy atom. The molecule has 0 saturated carbocycles. The Morgan fingerprint density at radius 3 is 1.96 bits per heavy atom. The molecule has 2 heteroatoms. The minimum Gasteiger partial charge on any atom is -0.380 e. The number of unbranched alkanes of at least 4 members (excludes halogenated alkanes) is 9. The summed E-state index contributed by atoms with van der Waals surface area (Å²) in [5.74, 6) is 0. The van der Waals surface area contributed by atoms with Crippen molar-refractivity contribution in [2.24, 2.45) is 0 Å². The molecule has 0 fully saturated rings. The summed E-state index contributed by atoms with van der Waals surface area (Å²) in [5, 5.41) is 0. The van der Waals surface area contributed by atoms with Gasteiger partial charge in [-0.15, -0.1) is 0 Å². The minimum atomic E-state index is 0.864. The van der Waals surface area contributed by atoms with E-state index in [4.69, 9.17) is 4.74 Å². The number of likely N-dealkylation sites (N-methyl/N-ethyl adjacent to an activating group) is 1. The molecule has 0 radical (unpaired) electrons. The standard InChI is InChI=1S/C23H41NO/c1-3-4-5-6-7-8-9-10-11-15-21-25-22-20-24(2)19-18-23-16-13-12-14-17-23/h12-14,16-17H,3-11,15,18-22H2,1-2H3. The van der Waals surface area contributed by atoms with E-state index < -0.39 is 0 Å². The number of ether oxygens (including phenoxy) is 1. The van der Waals surface area contributed by atoms with Crippen LogP contribution in [-0.2, 0) is 11.2 Å². The Balaban J connectivity index is 1.79. The van der Waals surface area contributed by atoms with Crippen molar-refractivity contribution >= 4 is 0 Å². The molecule has 1 aromatic rings. The zero-order valence-corrected chi connectivity index (χ0v) is 16.8. The van der Waals surface area contributed by atoms with E-state index in [2.05, 4.69) is 49.2 Å². The molecule has 25 heavy (non-hydrogen) atoms. The van der Waals surface area contributed by atoms with Gasteiger partial charge in [-0.2, -0.15) is 0 Å². The Hall–Kier alpha value is -0.860. The number of hydrogen-bond acceptors (Lipinski definition) is 2. The third-order valence-corrected chi connectivity index (χ3v) is 4.88. The summed E-state index contributed by atoms with van der Waals surface area (Å²) in [6.45, 7) is 6.22. The molecule has 0 saturated heterocycles. The van der Waals surface area contributed by atoms with E-state index in [1.165, 1.54) is 69.8 Å². The van der Waals surface area contributed by atoms with Crippen molar-refractivity contribution in [1.29, 1.82) is 0 Å². The van der Waals surface area contributed by atoms with Crippen LogP contribution in [0.4, 0.5) is 0 Å². The highest BCUT2D eigenvalue weighted by Crippen LogP contribution is 2.10. The average molecular weight is 348 g/mol. The zero-order chi connectivity index (χ0) is 18.0. The van der Waals surface area contributed by atoms with Crippen molar-refractivity contribution in [2.45, 2.75) is 77.6 Å². The van der Waals surface area contributed by atoms with Crippen LogP contribution in [-0.4, -0.2) is 38.3 Å². The van der Waals surface area contributed by atoms with Crippen LogP contribution in [0.15, 0.2) is 30.3 Å². The summed E-state index contributed by atoms with van der Waals surface area (Å²) in [6.07, 6.45) is 15.0.